The van der Waals surface area contributed by atoms with Crippen molar-refractivity contribution in [2.75, 3.05) is 59.5 Å². The molecule has 0 aromatic carbocycles. The summed E-state index contributed by atoms with van der Waals surface area (Å²) >= 11 is 0. The zero-order valence-corrected chi connectivity index (χ0v) is 11.6. The molecule has 0 saturated carbocycles. The number of ether oxygens (including phenoxy) is 2. The normalized spacial score (nSPS) is 11.1. The molecule has 118 valence electrons. The molecule has 0 saturated heterocycles. The van der Waals surface area contributed by atoms with Crippen LogP contribution in [-0.2, 0) is 9.47 Å². The third kappa shape index (κ3) is 12.5. The predicted molar refractivity (Wildman–Crippen MR) is 69.8 cm³/mol. The van der Waals surface area contributed by atoms with E-state index in [2.05, 4.69) is 0 Å². The van der Waals surface area contributed by atoms with Gasteiger partial charge in [0.15, 0.2) is 0 Å². The largest absolute Gasteiger partial charge is 0.396 e. The fraction of sp³-hybridized carbons (Fsp3) is 1.00. The van der Waals surface area contributed by atoms with Crippen molar-refractivity contribution < 1.29 is 35.0 Å². The molecule has 0 aromatic rings. The molecule has 5 N–H and O–H groups in total. The van der Waals surface area contributed by atoms with Gasteiger partial charge in [0.1, 0.15) is 0 Å². The topological polar surface area (TPSA) is 120 Å². The molecule has 0 bridgehead atoms. The quantitative estimate of drug-likeness (QED) is 0.289. The first kappa shape index (κ1) is 21.0. The van der Waals surface area contributed by atoms with Crippen LogP contribution in [0.3, 0.4) is 0 Å². The average molecular weight is 284 g/mol. The molecule has 0 radical (unpaired) electrons. The highest BCUT2D eigenvalue weighted by Gasteiger charge is 2.24. The van der Waals surface area contributed by atoms with E-state index in [9.17, 15) is 0 Å². The highest BCUT2D eigenvalue weighted by molar-refractivity contribution is 4.74. The lowest BCUT2D eigenvalue weighted by Crippen LogP contribution is -2.32. The fourth-order valence-corrected chi connectivity index (χ4v) is 0.936. The van der Waals surface area contributed by atoms with Gasteiger partial charge in [0, 0.05) is 5.41 Å². The molecule has 7 heteroatoms. The molecule has 0 aliphatic rings. The predicted octanol–water partition coefficient (Wildman–Crippen LogP) is -1.64. The van der Waals surface area contributed by atoms with Crippen LogP contribution in [0, 0.1) is 5.41 Å². The molecule has 19 heavy (non-hydrogen) atoms. The smallest absolute Gasteiger partial charge is 0.0701 e. The summed E-state index contributed by atoms with van der Waals surface area (Å²) in [5.74, 6) is 0. The van der Waals surface area contributed by atoms with Crippen LogP contribution in [0.5, 0.6) is 0 Å². The number of rotatable bonds is 11. The van der Waals surface area contributed by atoms with Gasteiger partial charge in [-0.3, -0.25) is 0 Å². The summed E-state index contributed by atoms with van der Waals surface area (Å²) in [4.78, 5) is 0. The zero-order valence-electron chi connectivity index (χ0n) is 11.6. The SMILES string of the molecule is CCC(CO)(CO)CO.OCCOCCOCCO. The Kier molecular flexibility index (Phi) is 17.5. The van der Waals surface area contributed by atoms with E-state index < -0.39 is 5.41 Å². The maximum Gasteiger partial charge on any atom is 0.0701 e. The van der Waals surface area contributed by atoms with Crippen molar-refractivity contribution in [3.63, 3.8) is 0 Å². The van der Waals surface area contributed by atoms with Crippen LogP contribution < -0.4 is 0 Å². The molecule has 0 rings (SSSR count). The Bertz CT molecular complexity index is 137. The third-order valence-corrected chi connectivity index (χ3v) is 2.60. The van der Waals surface area contributed by atoms with Gasteiger partial charge in [0.2, 0.25) is 0 Å². The second-order valence-corrected chi connectivity index (χ2v) is 4.00. The van der Waals surface area contributed by atoms with Crippen molar-refractivity contribution in [3.05, 3.63) is 0 Å². The molecule has 0 aliphatic carbocycles. The highest BCUT2D eigenvalue weighted by Crippen LogP contribution is 2.18. The minimum absolute atomic E-state index is 0.0417. The van der Waals surface area contributed by atoms with Crippen LogP contribution in [0.15, 0.2) is 0 Å². The van der Waals surface area contributed by atoms with Gasteiger partial charge >= 0.3 is 0 Å². The molecule has 0 unspecified atom stereocenters. The van der Waals surface area contributed by atoms with Crippen molar-refractivity contribution in [2.45, 2.75) is 13.3 Å². The van der Waals surface area contributed by atoms with Crippen molar-refractivity contribution in [3.8, 4) is 0 Å². The summed E-state index contributed by atoms with van der Waals surface area (Å²) in [6.07, 6.45) is 0.594. The maximum absolute atomic E-state index is 8.66. The van der Waals surface area contributed by atoms with E-state index in [-0.39, 0.29) is 33.0 Å². The van der Waals surface area contributed by atoms with Crippen LogP contribution in [0.1, 0.15) is 13.3 Å². The lowest BCUT2D eigenvalue weighted by Gasteiger charge is -2.24. The van der Waals surface area contributed by atoms with Crippen LogP contribution in [0.2, 0.25) is 0 Å². The number of aliphatic hydroxyl groups is 5. The molecule has 7 nitrogen and oxygen atoms in total. The van der Waals surface area contributed by atoms with E-state index in [1.807, 2.05) is 6.92 Å². The molecule has 0 amide bonds. The summed E-state index contributed by atoms with van der Waals surface area (Å²) in [7, 11) is 0. The molecular weight excluding hydrogens is 256 g/mol. The first-order chi connectivity index (χ1) is 9.16. The van der Waals surface area contributed by atoms with Gasteiger partial charge in [0.25, 0.3) is 0 Å². The van der Waals surface area contributed by atoms with Crippen LogP contribution in [-0.4, -0.2) is 85.0 Å². The molecular formula is C12H28O7. The van der Waals surface area contributed by atoms with E-state index in [0.717, 1.165) is 0 Å². The van der Waals surface area contributed by atoms with E-state index in [4.69, 9.17) is 35.0 Å². The molecule has 0 aliphatic heterocycles. The summed E-state index contributed by atoms with van der Waals surface area (Å²) in [6, 6.07) is 0. The Morgan fingerprint density at radius 1 is 0.684 bits per heavy atom. The first-order valence-electron chi connectivity index (χ1n) is 6.36. The molecule has 0 aromatic heterocycles. The summed E-state index contributed by atoms with van der Waals surface area (Å²) in [5, 5.41) is 42.5. The van der Waals surface area contributed by atoms with Crippen molar-refractivity contribution >= 4 is 0 Å². The number of hydrogen-bond acceptors (Lipinski definition) is 7. The fourth-order valence-electron chi connectivity index (χ4n) is 0.936. The second-order valence-electron chi connectivity index (χ2n) is 4.00. The number of aliphatic hydroxyl groups excluding tert-OH is 5. The lowest BCUT2D eigenvalue weighted by molar-refractivity contribution is 0.00304. The monoisotopic (exact) mass is 284 g/mol. The zero-order chi connectivity index (χ0) is 15.0. The maximum atomic E-state index is 8.66. The van der Waals surface area contributed by atoms with Gasteiger partial charge in [0.05, 0.1) is 59.5 Å². The Morgan fingerprint density at radius 2 is 1.05 bits per heavy atom. The Balaban J connectivity index is 0. The Hall–Kier alpha value is -0.280. The van der Waals surface area contributed by atoms with Gasteiger partial charge in [-0.15, -0.1) is 0 Å². The summed E-state index contributed by atoms with van der Waals surface area (Å²) < 4.78 is 9.75. The standard InChI is InChI=1S/C6H14O4.C6H14O3/c7-1-3-9-5-6-10-4-2-8;1-2-6(3-7,4-8)5-9/h7-8H,1-6H2;7-9H,2-5H2,1H3. The third-order valence-electron chi connectivity index (χ3n) is 2.60. The Labute approximate surface area is 114 Å². The summed E-state index contributed by atoms with van der Waals surface area (Å²) in [6.45, 7) is 3.08. The van der Waals surface area contributed by atoms with E-state index >= 15 is 0 Å². The van der Waals surface area contributed by atoms with Crippen LogP contribution in [0.25, 0.3) is 0 Å². The lowest BCUT2D eigenvalue weighted by atomic mass is 9.88. The van der Waals surface area contributed by atoms with Crippen LogP contribution in [0.4, 0.5) is 0 Å². The van der Waals surface area contributed by atoms with Gasteiger partial charge < -0.3 is 35.0 Å². The Morgan fingerprint density at radius 3 is 1.21 bits per heavy atom. The number of hydrogen-bond donors (Lipinski definition) is 5. The van der Waals surface area contributed by atoms with Gasteiger partial charge in [-0.05, 0) is 6.42 Å². The second kappa shape index (κ2) is 15.8. The molecule has 0 atom stereocenters. The first-order valence-corrected chi connectivity index (χ1v) is 6.36. The van der Waals surface area contributed by atoms with Crippen molar-refractivity contribution in [1.82, 2.24) is 0 Å². The highest BCUT2D eigenvalue weighted by atomic mass is 16.5. The minimum Gasteiger partial charge on any atom is -0.396 e. The van der Waals surface area contributed by atoms with E-state index in [1.54, 1.807) is 0 Å². The van der Waals surface area contributed by atoms with Crippen LogP contribution >= 0.6 is 0 Å². The van der Waals surface area contributed by atoms with Crippen molar-refractivity contribution in [1.29, 1.82) is 0 Å². The van der Waals surface area contributed by atoms with Crippen molar-refractivity contribution in [2.24, 2.45) is 5.41 Å². The molecule has 0 heterocycles. The van der Waals surface area contributed by atoms with Gasteiger partial charge in [-0.25, -0.2) is 0 Å². The minimum atomic E-state index is -0.667. The molecule has 0 spiro atoms. The molecule has 0 fully saturated rings. The van der Waals surface area contributed by atoms with Gasteiger partial charge in [-0.2, -0.15) is 0 Å². The van der Waals surface area contributed by atoms with E-state index in [1.165, 1.54) is 0 Å². The van der Waals surface area contributed by atoms with E-state index in [0.29, 0.717) is 32.8 Å². The van der Waals surface area contributed by atoms with Gasteiger partial charge in [-0.1, -0.05) is 6.92 Å². The average Bonchev–Trinajstić information content (AvgIpc) is 2.47. The summed E-state index contributed by atoms with van der Waals surface area (Å²) in [5.41, 5.74) is -0.667.